The minimum atomic E-state index is 0.148. The van der Waals surface area contributed by atoms with Gasteiger partial charge in [-0.25, -0.2) is 0 Å². The maximum absolute atomic E-state index is 9.35. The molecule has 2 atom stereocenters. The Bertz CT molecular complexity index is 676. The Labute approximate surface area is 112 Å². The van der Waals surface area contributed by atoms with E-state index in [9.17, 15) is 5.26 Å². The molecule has 19 heavy (non-hydrogen) atoms. The molecule has 94 valence electrons. The van der Waals surface area contributed by atoms with Gasteiger partial charge in [0, 0.05) is 11.3 Å². The first kappa shape index (κ1) is 11.0. The molecule has 1 aliphatic heterocycles. The molecule has 0 aromatic heterocycles. The highest BCUT2D eigenvalue weighted by Gasteiger charge is 2.59. The molecule has 1 aliphatic carbocycles. The van der Waals surface area contributed by atoms with Crippen molar-refractivity contribution in [3.05, 3.63) is 48.0 Å². The van der Waals surface area contributed by atoms with Crippen LogP contribution in [0.15, 0.2) is 42.5 Å². The number of nitriles is 1. The molecule has 2 aromatic carbocycles. The molecule has 2 fully saturated rings. The van der Waals surface area contributed by atoms with E-state index in [1.165, 1.54) is 16.3 Å². The number of rotatable bonds is 1. The lowest BCUT2D eigenvalue weighted by Crippen LogP contribution is -2.58. The van der Waals surface area contributed by atoms with Crippen molar-refractivity contribution in [2.75, 3.05) is 13.2 Å². The van der Waals surface area contributed by atoms with Crippen molar-refractivity contribution in [3.8, 4) is 6.07 Å². The fourth-order valence-corrected chi connectivity index (χ4v) is 3.80. The van der Waals surface area contributed by atoms with E-state index in [0.717, 1.165) is 19.6 Å². The lowest BCUT2D eigenvalue weighted by molar-refractivity contribution is -0.186. The van der Waals surface area contributed by atoms with Crippen LogP contribution in [-0.4, -0.2) is 13.2 Å². The Kier molecular flexibility index (Phi) is 2.22. The Balaban J connectivity index is 1.87. The Morgan fingerprint density at radius 1 is 1.11 bits per heavy atom. The quantitative estimate of drug-likeness (QED) is 0.775. The first-order valence-corrected chi connectivity index (χ1v) is 6.79. The first-order chi connectivity index (χ1) is 9.34. The molecule has 0 N–H and O–H groups in total. The SMILES string of the molecule is N#CC1CC2(COC2)C1c1cccc2ccccc12. The number of nitrogens with zero attached hydrogens (tertiary/aromatic N) is 1. The van der Waals surface area contributed by atoms with Gasteiger partial charge in [-0.15, -0.1) is 0 Å². The second kappa shape index (κ2) is 3.82. The molecule has 2 aromatic rings. The summed E-state index contributed by atoms with van der Waals surface area (Å²) in [6.45, 7) is 1.64. The van der Waals surface area contributed by atoms with Crippen LogP contribution in [0.3, 0.4) is 0 Å². The van der Waals surface area contributed by atoms with Gasteiger partial charge < -0.3 is 4.74 Å². The molecule has 2 nitrogen and oxygen atoms in total. The van der Waals surface area contributed by atoms with Gasteiger partial charge in [0.15, 0.2) is 0 Å². The lowest BCUT2D eigenvalue weighted by Gasteiger charge is -2.58. The van der Waals surface area contributed by atoms with E-state index in [4.69, 9.17) is 4.74 Å². The van der Waals surface area contributed by atoms with Gasteiger partial charge >= 0.3 is 0 Å². The van der Waals surface area contributed by atoms with Crippen molar-refractivity contribution >= 4 is 10.8 Å². The third kappa shape index (κ3) is 1.39. The first-order valence-electron chi connectivity index (χ1n) is 6.79. The van der Waals surface area contributed by atoms with E-state index in [-0.39, 0.29) is 11.3 Å². The second-order valence-corrected chi connectivity index (χ2v) is 5.84. The third-order valence-electron chi connectivity index (χ3n) is 4.79. The summed E-state index contributed by atoms with van der Waals surface area (Å²) in [6.07, 6.45) is 0.997. The van der Waals surface area contributed by atoms with Crippen LogP contribution >= 0.6 is 0 Å². The van der Waals surface area contributed by atoms with Crippen LogP contribution in [0.2, 0.25) is 0 Å². The topological polar surface area (TPSA) is 33.0 Å². The normalized spacial score (nSPS) is 27.5. The minimum absolute atomic E-state index is 0.148. The van der Waals surface area contributed by atoms with E-state index in [2.05, 4.69) is 48.5 Å². The van der Waals surface area contributed by atoms with Gasteiger partial charge in [-0.1, -0.05) is 42.5 Å². The molecule has 0 bridgehead atoms. The van der Waals surface area contributed by atoms with Gasteiger partial charge in [0.1, 0.15) is 0 Å². The van der Waals surface area contributed by atoms with E-state index < -0.39 is 0 Å². The Morgan fingerprint density at radius 3 is 2.63 bits per heavy atom. The van der Waals surface area contributed by atoms with E-state index in [1.807, 2.05) is 0 Å². The fraction of sp³-hybridized carbons (Fsp3) is 0.353. The van der Waals surface area contributed by atoms with E-state index >= 15 is 0 Å². The molecule has 1 saturated heterocycles. The summed E-state index contributed by atoms with van der Waals surface area (Å²) in [4.78, 5) is 0. The molecule has 1 spiro atoms. The monoisotopic (exact) mass is 249 g/mol. The highest BCUT2D eigenvalue weighted by atomic mass is 16.5. The summed E-state index contributed by atoms with van der Waals surface area (Å²) in [5.74, 6) is 0.493. The summed E-state index contributed by atoms with van der Waals surface area (Å²) in [5.41, 5.74) is 1.57. The highest BCUT2D eigenvalue weighted by Crippen LogP contribution is 2.61. The zero-order valence-electron chi connectivity index (χ0n) is 10.7. The summed E-state index contributed by atoms with van der Waals surface area (Å²) < 4.78 is 5.43. The van der Waals surface area contributed by atoms with Crippen LogP contribution in [0, 0.1) is 22.7 Å². The zero-order chi connectivity index (χ0) is 12.9. The zero-order valence-corrected chi connectivity index (χ0v) is 10.7. The van der Waals surface area contributed by atoms with Gasteiger partial charge in [0.2, 0.25) is 0 Å². The average molecular weight is 249 g/mol. The molecule has 4 rings (SSSR count). The molecule has 0 radical (unpaired) electrons. The van der Waals surface area contributed by atoms with Crippen molar-refractivity contribution < 1.29 is 4.74 Å². The van der Waals surface area contributed by atoms with E-state index in [0.29, 0.717) is 5.92 Å². The summed E-state index contributed by atoms with van der Waals surface area (Å²) in [7, 11) is 0. The van der Waals surface area contributed by atoms with Gasteiger partial charge in [0.05, 0.1) is 25.2 Å². The lowest BCUT2D eigenvalue weighted by atomic mass is 9.50. The predicted octanol–water partition coefficient (Wildman–Crippen LogP) is 3.48. The van der Waals surface area contributed by atoms with Crippen LogP contribution in [0.5, 0.6) is 0 Å². The standard InChI is InChI=1S/C17H15NO/c18-9-13-8-17(10-19-11-17)16(13)15-7-3-5-12-4-1-2-6-14(12)15/h1-7,13,16H,8,10-11H2. The number of ether oxygens (including phenoxy) is 1. The largest absolute Gasteiger partial charge is 0.380 e. The van der Waals surface area contributed by atoms with Gasteiger partial charge in [-0.2, -0.15) is 5.26 Å². The number of benzene rings is 2. The second-order valence-electron chi connectivity index (χ2n) is 5.84. The number of fused-ring (bicyclic) bond motifs is 1. The van der Waals surface area contributed by atoms with Gasteiger partial charge in [0.25, 0.3) is 0 Å². The summed E-state index contributed by atoms with van der Waals surface area (Å²) >= 11 is 0. The average Bonchev–Trinajstić information content (AvgIpc) is 2.37. The van der Waals surface area contributed by atoms with Crippen molar-refractivity contribution in [1.29, 1.82) is 5.26 Å². The summed E-state index contributed by atoms with van der Waals surface area (Å²) in [6, 6.07) is 17.4. The maximum Gasteiger partial charge on any atom is 0.0662 e. The molecule has 2 aliphatic rings. The third-order valence-corrected chi connectivity index (χ3v) is 4.79. The van der Waals surface area contributed by atoms with Crippen molar-refractivity contribution in [2.24, 2.45) is 11.3 Å². The molecular formula is C17H15NO. The smallest absolute Gasteiger partial charge is 0.0662 e. The van der Waals surface area contributed by atoms with Crippen molar-refractivity contribution in [1.82, 2.24) is 0 Å². The minimum Gasteiger partial charge on any atom is -0.380 e. The fourth-order valence-electron chi connectivity index (χ4n) is 3.80. The van der Waals surface area contributed by atoms with Crippen LogP contribution < -0.4 is 0 Å². The van der Waals surface area contributed by atoms with Crippen LogP contribution in [0.25, 0.3) is 10.8 Å². The van der Waals surface area contributed by atoms with Crippen LogP contribution in [-0.2, 0) is 4.74 Å². The van der Waals surface area contributed by atoms with Crippen molar-refractivity contribution in [2.45, 2.75) is 12.3 Å². The number of hydrogen-bond acceptors (Lipinski definition) is 2. The van der Waals surface area contributed by atoms with Gasteiger partial charge in [-0.3, -0.25) is 0 Å². The Morgan fingerprint density at radius 2 is 1.89 bits per heavy atom. The Hall–Kier alpha value is -1.85. The molecular weight excluding hydrogens is 234 g/mol. The molecule has 1 saturated carbocycles. The van der Waals surface area contributed by atoms with Crippen molar-refractivity contribution in [3.63, 3.8) is 0 Å². The van der Waals surface area contributed by atoms with Crippen LogP contribution in [0.1, 0.15) is 17.9 Å². The highest BCUT2D eigenvalue weighted by molar-refractivity contribution is 5.86. The van der Waals surface area contributed by atoms with Gasteiger partial charge in [-0.05, 0) is 22.8 Å². The van der Waals surface area contributed by atoms with Crippen LogP contribution in [0.4, 0.5) is 0 Å². The molecule has 2 unspecified atom stereocenters. The maximum atomic E-state index is 9.35. The molecule has 0 amide bonds. The molecule has 1 heterocycles. The molecule has 2 heteroatoms. The van der Waals surface area contributed by atoms with E-state index in [1.54, 1.807) is 0 Å². The summed E-state index contributed by atoms with van der Waals surface area (Å²) in [5, 5.41) is 11.9. The predicted molar refractivity (Wildman–Crippen MR) is 73.7 cm³/mol. The number of hydrogen-bond donors (Lipinski definition) is 0.